The topological polar surface area (TPSA) is 62.7 Å². The molecule has 5 nitrogen and oxygen atoms in total. The lowest BCUT2D eigenvalue weighted by molar-refractivity contribution is 0.0646. The molecule has 0 radical (unpaired) electrons. The Morgan fingerprint density at radius 3 is 2.84 bits per heavy atom. The highest BCUT2D eigenvalue weighted by Gasteiger charge is 2.23. The second-order valence-electron chi connectivity index (χ2n) is 4.68. The molecule has 6 heteroatoms. The van der Waals surface area contributed by atoms with Crippen molar-refractivity contribution in [1.82, 2.24) is 9.80 Å². The molecule has 2 aromatic heterocycles. The van der Waals surface area contributed by atoms with Gasteiger partial charge in [-0.15, -0.1) is 11.3 Å². The Morgan fingerprint density at radius 2 is 2.16 bits per heavy atom. The number of carbonyl (C=O) groups excluding carboxylic acids is 1. The van der Waals surface area contributed by atoms with E-state index in [-0.39, 0.29) is 5.91 Å². The number of piperazine rings is 1. The minimum Gasteiger partial charge on any atom is -0.463 e. The van der Waals surface area contributed by atoms with Gasteiger partial charge in [0.25, 0.3) is 5.91 Å². The maximum Gasteiger partial charge on any atom is 0.264 e. The number of furan rings is 1. The molecule has 1 aliphatic heterocycles. The van der Waals surface area contributed by atoms with E-state index < -0.39 is 0 Å². The van der Waals surface area contributed by atoms with E-state index in [2.05, 4.69) is 4.90 Å². The van der Waals surface area contributed by atoms with Crippen molar-refractivity contribution in [3.8, 4) is 0 Å². The predicted molar refractivity (Wildman–Crippen MR) is 75.5 cm³/mol. The van der Waals surface area contributed by atoms with Gasteiger partial charge in [-0.25, -0.2) is 0 Å². The summed E-state index contributed by atoms with van der Waals surface area (Å²) < 4.78 is 6.34. The Balaban J connectivity index is 1.66. The SMILES string of the molecule is NCCN1CCN(C(=O)c2cc3occc3s2)CC1. The summed E-state index contributed by atoms with van der Waals surface area (Å²) in [6.07, 6.45) is 1.65. The van der Waals surface area contributed by atoms with Crippen LogP contribution in [0, 0.1) is 0 Å². The second-order valence-corrected chi connectivity index (χ2v) is 5.77. The Kier molecular flexibility index (Phi) is 3.54. The van der Waals surface area contributed by atoms with Gasteiger partial charge in [-0.1, -0.05) is 0 Å². The Morgan fingerprint density at radius 1 is 1.37 bits per heavy atom. The molecule has 3 rings (SSSR count). The van der Waals surface area contributed by atoms with Crippen LogP contribution in [0.25, 0.3) is 10.3 Å². The summed E-state index contributed by atoms with van der Waals surface area (Å²) in [6, 6.07) is 3.74. The van der Waals surface area contributed by atoms with E-state index in [4.69, 9.17) is 10.2 Å². The summed E-state index contributed by atoms with van der Waals surface area (Å²) in [5, 5.41) is 0. The van der Waals surface area contributed by atoms with Crippen LogP contribution in [0.15, 0.2) is 22.8 Å². The fourth-order valence-electron chi connectivity index (χ4n) is 2.38. The summed E-state index contributed by atoms with van der Waals surface area (Å²) >= 11 is 1.50. The number of carbonyl (C=O) groups is 1. The molecule has 0 bridgehead atoms. The zero-order valence-corrected chi connectivity index (χ0v) is 11.5. The molecule has 3 heterocycles. The van der Waals surface area contributed by atoms with Crippen molar-refractivity contribution >= 4 is 27.5 Å². The third-order valence-corrected chi connectivity index (χ3v) is 4.52. The number of thiophene rings is 1. The molecule has 0 spiro atoms. The molecule has 2 N–H and O–H groups in total. The van der Waals surface area contributed by atoms with Gasteiger partial charge in [-0.3, -0.25) is 9.69 Å². The highest BCUT2D eigenvalue weighted by Crippen LogP contribution is 2.27. The first kappa shape index (κ1) is 12.7. The summed E-state index contributed by atoms with van der Waals surface area (Å²) in [7, 11) is 0. The fourth-order valence-corrected chi connectivity index (χ4v) is 3.33. The maximum absolute atomic E-state index is 12.4. The van der Waals surface area contributed by atoms with Crippen LogP contribution >= 0.6 is 11.3 Å². The van der Waals surface area contributed by atoms with Crippen molar-refractivity contribution in [3.63, 3.8) is 0 Å². The van der Waals surface area contributed by atoms with Gasteiger partial charge in [0.05, 0.1) is 15.8 Å². The smallest absolute Gasteiger partial charge is 0.264 e. The number of fused-ring (bicyclic) bond motifs is 1. The molecule has 1 amide bonds. The van der Waals surface area contributed by atoms with E-state index in [1.807, 2.05) is 17.0 Å². The van der Waals surface area contributed by atoms with Gasteiger partial charge < -0.3 is 15.1 Å². The molecule has 0 aliphatic carbocycles. The third kappa shape index (κ3) is 2.51. The van der Waals surface area contributed by atoms with Gasteiger partial charge >= 0.3 is 0 Å². The zero-order chi connectivity index (χ0) is 13.2. The van der Waals surface area contributed by atoms with Crippen LogP contribution in [0.2, 0.25) is 0 Å². The summed E-state index contributed by atoms with van der Waals surface area (Å²) in [4.78, 5) is 17.4. The van der Waals surface area contributed by atoms with Crippen molar-refractivity contribution < 1.29 is 9.21 Å². The number of nitrogens with zero attached hydrogens (tertiary/aromatic N) is 2. The van der Waals surface area contributed by atoms with Crippen LogP contribution in [0.4, 0.5) is 0 Å². The standard InChI is InChI=1S/C13H17N3O2S/c14-2-3-15-4-6-16(7-5-15)13(17)12-9-10-11(19-12)1-8-18-10/h1,8-9H,2-7,14H2. The maximum atomic E-state index is 12.4. The summed E-state index contributed by atoms with van der Waals surface area (Å²) in [5.41, 5.74) is 6.35. The average molecular weight is 279 g/mol. The van der Waals surface area contributed by atoms with Gasteiger partial charge in [-0.05, 0) is 6.07 Å². The lowest BCUT2D eigenvalue weighted by atomic mass is 10.3. The molecule has 1 saturated heterocycles. The number of amides is 1. The molecule has 0 aromatic carbocycles. The summed E-state index contributed by atoms with van der Waals surface area (Å²) in [6.45, 7) is 4.95. The number of rotatable bonds is 3. The third-order valence-electron chi connectivity index (χ3n) is 3.45. The second kappa shape index (κ2) is 5.32. The van der Waals surface area contributed by atoms with Crippen molar-refractivity contribution in [2.24, 2.45) is 5.73 Å². The van der Waals surface area contributed by atoms with Crippen LogP contribution in [-0.2, 0) is 0 Å². The fraction of sp³-hybridized carbons (Fsp3) is 0.462. The van der Waals surface area contributed by atoms with Gasteiger partial charge in [-0.2, -0.15) is 0 Å². The molecular formula is C13H17N3O2S. The van der Waals surface area contributed by atoms with Crippen LogP contribution in [0.5, 0.6) is 0 Å². The number of hydrogen-bond donors (Lipinski definition) is 1. The molecular weight excluding hydrogens is 262 g/mol. The van der Waals surface area contributed by atoms with Crippen LogP contribution < -0.4 is 5.73 Å². The van der Waals surface area contributed by atoms with Gasteiger partial charge in [0.2, 0.25) is 0 Å². The Labute approximate surface area is 115 Å². The van der Waals surface area contributed by atoms with E-state index in [9.17, 15) is 4.79 Å². The number of nitrogens with two attached hydrogens (primary N) is 1. The molecule has 1 fully saturated rings. The van der Waals surface area contributed by atoms with Crippen molar-refractivity contribution in [1.29, 1.82) is 0 Å². The normalized spacial score (nSPS) is 17.2. The van der Waals surface area contributed by atoms with E-state index in [0.29, 0.717) is 6.54 Å². The highest BCUT2D eigenvalue weighted by molar-refractivity contribution is 7.20. The first-order chi connectivity index (χ1) is 9.28. The van der Waals surface area contributed by atoms with Gasteiger partial charge in [0.1, 0.15) is 5.58 Å². The first-order valence-corrected chi connectivity index (χ1v) is 7.28. The van der Waals surface area contributed by atoms with Gasteiger partial charge in [0.15, 0.2) is 0 Å². The molecule has 102 valence electrons. The van der Waals surface area contributed by atoms with Crippen LogP contribution in [0.1, 0.15) is 9.67 Å². The molecule has 0 saturated carbocycles. The van der Waals surface area contributed by atoms with Crippen LogP contribution in [0.3, 0.4) is 0 Å². The first-order valence-electron chi connectivity index (χ1n) is 6.46. The lowest BCUT2D eigenvalue weighted by Crippen LogP contribution is -2.49. The monoisotopic (exact) mass is 279 g/mol. The Hall–Kier alpha value is -1.37. The lowest BCUT2D eigenvalue weighted by Gasteiger charge is -2.34. The van der Waals surface area contributed by atoms with E-state index in [1.54, 1.807) is 6.26 Å². The minimum atomic E-state index is 0.115. The summed E-state index contributed by atoms with van der Waals surface area (Å²) in [5.74, 6) is 0.115. The van der Waals surface area contributed by atoms with Crippen molar-refractivity contribution in [3.05, 3.63) is 23.3 Å². The van der Waals surface area contributed by atoms with Crippen molar-refractivity contribution in [2.75, 3.05) is 39.3 Å². The van der Waals surface area contributed by atoms with Crippen molar-refractivity contribution in [2.45, 2.75) is 0 Å². The minimum absolute atomic E-state index is 0.115. The zero-order valence-electron chi connectivity index (χ0n) is 10.7. The molecule has 19 heavy (non-hydrogen) atoms. The molecule has 2 aromatic rings. The molecule has 1 aliphatic rings. The van der Waals surface area contributed by atoms with Gasteiger partial charge in [0, 0.05) is 45.3 Å². The van der Waals surface area contributed by atoms with E-state index in [0.717, 1.165) is 47.9 Å². The average Bonchev–Trinajstić information content (AvgIpc) is 3.00. The largest absolute Gasteiger partial charge is 0.463 e. The molecule has 0 atom stereocenters. The van der Waals surface area contributed by atoms with E-state index in [1.165, 1.54) is 11.3 Å². The van der Waals surface area contributed by atoms with Crippen LogP contribution in [-0.4, -0.2) is 55.0 Å². The highest BCUT2D eigenvalue weighted by atomic mass is 32.1. The number of hydrogen-bond acceptors (Lipinski definition) is 5. The molecule has 0 unspecified atom stereocenters. The predicted octanol–water partition coefficient (Wildman–Crippen LogP) is 1.21. The van der Waals surface area contributed by atoms with E-state index >= 15 is 0 Å². The Bertz CT molecular complexity index is 541. The quantitative estimate of drug-likeness (QED) is 0.917.